The molecule has 0 bridgehead atoms. The predicted molar refractivity (Wildman–Crippen MR) is 49.5 cm³/mol. The van der Waals surface area contributed by atoms with Gasteiger partial charge in [-0.1, -0.05) is 0 Å². The Hall–Kier alpha value is -1.56. The van der Waals surface area contributed by atoms with Gasteiger partial charge in [-0.25, -0.2) is 4.98 Å². The van der Waals surface area contributed by atoms with Crippen LogP contribution in [0.4, 0.5) is 0 Å². The number of ether oxygens (including phenoxy) is 1. The van der Waals surface area contributed by atoms with E-state index in [0.717, 1.165) is 17.5 Å². The highest BCUT2D eigenvalue weighted by Crippen LogP contribution is 2.15. The summed E-state index contributed by atoms with van der Waals surface area (Å²) in [5, 5.41) is 8.40. The molecule has 0 aliphatic carbocycles. The van der Waals surface area contributed by atoms with Crippen LogP contribution in [0.15, 0.2) is 12.3 Å². The highest BCUT2D eigenvalue weighted by molar-refractivity contribution is 5.28. The van der Waals surface area contributed by atoms with E-state index < -0.39 is 0 Å². The minimum Gasteiger partial charge on any atom is -0.481 e. The van der Waals surface area contributed by atoms with Crippen LogP contribution < -0.4 is 4.74 Å². The number of nitrogens with zero attached hydrogens (tertiary/aromatic N) is 2. The van der Waals surface area contributed by atoms with Crippen LogP contribution in [0.25, 0.3) is 0 Å². The number of methoxy groups -OCH3 is 1. The fraction of sp³-hybridized carbons (Fsp3) is 0.400. The number of aromatic nitrogens is 1. The maximum atomic E-state index is 8.40. The quantitative estimate of drug-likeness (QED) is 0.706. The van der Waals surface area contributed by atoms with E-state index in [4.69, 9.17) is 10.00 Å². The first-order chi connectivity index (χ1) is 6.27. The van der Waals surface area contributed by atoms with Crippen molar-refractivity contribution in [2.45, 2.75) is 19.8 Å². The number of nitriles is 1. The SMILES string of the molecule is COc1ncc(CCC#N)cc1C. The van der Waals surface area contributed by atoms with Crippen LogP contribution in [0.1, 0.15) is 17.5 Å². The largest absolute Gasteiger partial charge is 0.481 e. The van der Waals surface area contributed by atoms with E-state index >= 15 is 0 Å². The van der Waals surface area contributed by atoms with Crippen LogP contribution in [0.3, 0.4) is 0 Å². The van der Waals surface area contributed by atoms with Crippen molar-refractivity contribution in [2.75, 3.05) is 7.11 Å². The van der Waals surface area contributed by atoms with Crippen molar-refractivity contribution in [3.05, 3.63) is 23.4 Å². The first-order valence-corrected chi connectivity index (χ1v) is 4.14. The molecule has 3 nitrogen and oxygen atoms in total. The second kappa shape index (κ2) is 4.46. The van der Waals surface area contributed by atoms with Crippen molar-refractivity contribution < 1.29 is 4.74 Å². The molecule has 1 aromatic heterocycles. The lowest BCUT2D eigenvalue weighted by molar-refractivity contribution is 0.394. The van der Waals surface area contributed by atoms with Gasteiger partial charge in [0.25, 0.3) is 0 Å². The van der Waals surface area contributed by atoms with E-state index in [-0.39, 0.29) is 0 Å². The normalized spacial score (nSPS) is 9.31. The van der Waals surface area contributed by atoms with Crippen LogP contribution in [0.2, 0.25) is 0 Å². The Morgan fingerprint density at radius 3 is 2.92 bits per heavy atom. The third kappa shape index (κ3) is 2.45. The van der Waals surface area contributed by atoms with Crippen LogP contribution in [0.5, 0.6) is 5.88 Å². The molecule has 68 valence electrons. The Labute approximate surface area is 78.0 Å². The molecular weight excluding hydrogens is 164 g/mol. The van der Waals surface area contributed by atoms with Crippen molar-refractivity contribution in [2.24, 2.45) is 0 Å². The number of hydrogen-bond donors (Lipinski definition) is 0. The molecule has 0 aromatic carbocycles. The molecule has 0 aliphatic heterocycles. The van der Waals surface area contributed by atoms with E-state index in [1.807, 2.05) is 13.0 Å². The van der Waals surface area contributed by atoms with Gasteiger partial charge in [0, 0.05) is 18.2 Å². The first kappa shape index (κ1) is 9.53. The average Bonchev–Trinajstić information content (AvgIpc) is 2.15. The fourth-order valence-electron chi connectivity index (χ4n) is 1.17. The summed E-state index contributed by atoms with van der Waals surface area (Å²) in [5.41, 5.74) is 2.10. The van der Waals surface area contributed by atoms with Crippen molar-refractivity contribution >= 4 is 0 Å². The highest BCUT2D eigenvalue weighted by Gasteiger charge is 2.00. The maximum Gasteiger partial charge on any atom is 0.215 e. The third-order valence-corrected chi connectivity index (χ3v) is 1.81. The van der Waals surface area contributed by atoms with Gasteiger partial charge in [0.2, 0.25) is 5.88 Å². The molecule has 0 spiro atoms. The molecule has 1 heterocycles. The zero-order chi connectivity index (χ0) is 9.68. The molecule has 0 fully saturated rings. The smallest absolute Gasteiger partial charge is 0.215 e. The number of pyridine rings is 1. The van der Waals surface area contributed by atoms with Gasteiger partial charge in [0.05, 0.1) is 13.2 Å². The lowest BCUT2D eigenvalue weighted by Crippen LogP contribution is -1.93. The summed E-state index contributed by atoms with van der Waals surface area (Å²) in [6.07, 6.45) is 3.05. The van der Waals surface area contributed by atoms with Gasteiger partial charge in [-0.15, -0.1) is 0 Å². The van der Waals surface area contributed by atoms with Crippen LogP contribution in [-0.4, -0.2) is 12.1 Å². The fourth-order valence-corrected chi connectivity index (χ4v) is 1.17. The molecule has 3 heteroatoms. The summed E-state index contributed by atoms with van der Waals surface area (Å²) >= 11 is 0. The zero-order valence-electron chi connectivity index (χ0n) is 7.87. The van der Waals surface area contributed by atoms with E-state index in [2.05, 4.69) is 11.1 Å². The highest BCUT2D eigenvalue weighted by atomic mass is 16.5. The topological polar surface area (TPSA) is 45.9 Å². The van der Waals surface area contributed by atoms with Crippen molar-refractivity contribution in [1.82, 2.24) is 4.98 Å². The summed E-state index contributed by atoms with van der Waals surface area (Å²) in [7, 11) is 1.60. The molecule has 0 radical (unpaired) electrons. The second-order valence-corrected chi connectivity index (χ2v) is 2.83. The van der Waals surface area contributed by atoms with Crippen LogP contribution >= 0.6 is 0 Å². The molecule has 1 aromatic rings. The summed E-state index contributed by atoms with van der Waals surface area (Å²) in [5.74, 6) is 0.653. The van der Waals surface area contributed by atoms with Crippen LogP contribution in [0, 0.1) is 18.3 Å². The number of aryl methyl sites for hydroxylation is 2. The number of hydrogen-bond acceptors (Lipinski definition) is 3. The maximum absolute atomic E-state index is 8.40. The molecule has 13 heavy (non-hydrogen) atoms. The number of rotatable bonds is 3. The summed E-state index contributed by atoms with van der Waals surface area (Å²) in [6.45, 7) is 1.95. The van der Waals surface area contributed by atoms with E-state index in [1.165, 1.54) is 0 Å². The molecule has 0 aliphatic rings. The minimum absolute atomic E-state index is 0.535. The van der Waals surface area contributed by atoms with Crippen LogP contribution in [-0.2, 0) is 6.42 Å². The van der Waals surface area contributed by atoms with Gasteiger partial charge >= 0.3 is 0 Å². The summed E-state index contributed by atoms with van der Waals surface area (Å²) in [4.78, 5) is 4.12. The second-order valence-electron chi connectivity index (χ2n) is 2.83. The summed E-state index contributed by atoms with van der Waals surface area (Å²) < 4.78 is 5.03. The van der Waals surface area contributed by atoms with Gasteiger partial charge < -0.3 is 4.74 Å². The van der Waals surface area contributed by atoms with E-state index in [1.54, 1.807) is 13.3 Å². The zero-order valence-corrected chi connectivity index (χ0v) is 7.87. The molecule has 0 N–H and O–H groups in total. The summed E-state index contributed by atoms with van der Waals surface area (Å²) in [6, 6.07) is 4.11. The van der Waals surface area contributed by atoms with E-state index in [0.29, 0.717) is 12.3 Å². The Kier molecular flexibility index (Phi) is 3.27. The van der Waals surface area contributed by atoms with Gasteiger partial charge in [0.15, 0.2) is 0 Å². The molecule has 0 saturated heterocycles. The van der Waals surface area contributed by atoms with Crippen molar-refractivity contribution in [3.8, 4) is 11.9 Å². The Morgan fingerprint density at radius 1 is 1.62 bits per heavy atom. The van der Waals surface area contributed by atoms with Gasteiger partial charge in [-0.3, -0.25) is 0 Å². The monoisotopic (exact) mass is 176 g/mol. The molecule has 1 rings (SSSR count). The van der Waals surface area contributed by atoms with Crippen molar-refractivity contribution in [3.63, 3.8) is 0 Å². The molecule has 0 atom stereocenters. The molecule has 0 amide bonds. The first-order valence-electron chi connectivity index (χ1n) is 4.14. The molecular formula is C10H12N2O. The molecule has 0 saturated carbocycles. The van der Waals surface area contributed by atoms with E-state index in [9.17, 15) is 0 Å². The Balaban J connectivity index is 2.78. The lowest BCUT2D eigenvalue weighted by Gasteiger charge is -2.04. The van der Waals surface area contributed by atoms with Gasteiger partial charge in [0.1, 0.15) is 0 Å². The lowest BCUT2D eigenvalue weighted by atomic mass is 10.1. The Morgan fingerprint density at radius 2 is 2.38 bits per heavy atom. The predicted octanol–water partition coefficient (Wildman–Crippen LogP) is 1.85. The Bertz CT molecular complexity index is 328. The average molecular weight is 176 g/mol. The molecule has 0 unspecified atom stereocenters. The van der Waals surface area contributed by atoms with Gasteiger partial charge in [-0.2, -0.15) is 5.26 Å². The van der Waals surface area contributed by atoms with Crippen molar-refractivity contribution in [1.29, 1.82) is 5.26 Å². The standard InChI is InChI=1S/C10H12N2O/c1-8-6-9(4-3-5-11)7-12-10(8)13-2/h6-7H,3-4H2,1-2H3. The van der Waals surface area contributed by atoms with Gasteiger partial charge in [-0.05, 0) is 25.0 Å². The third-order valence-electron chi connectivity index (χ3n) is 1.81. The minimum atomic E-state index is 0.535.